The smallest absolute Gasteiger partial charge is 0.354 e. The Hall–Kier alpha value is -1.93. The lowest BCUT2D eigenvalue weighted by Crippen LogP contribution is -2.12. The predicted octanol–water partition coefficient (Wildman–Crippen LogP) is 2.20. The van der Waals surface area contributed by atoms with E-state index in [2.05, 4.69) is 9.71 Å². The van der Waals surface area contributed by atoms with Crippen LogP contribution in [-0.4, -0.2) is 24.5 Å². The first-order chi connectivity index (χ1) is 9.42. The number of sulfonamides is 1. The molecule has 0 aliphatic carbocycles. The van der Waals surface area contributed by atoms with Gasteiger partial charge in [-0.2, -0.15) is 0 Å². The molecule has 0 aliphatic rings. The van der Waals surface area contributed by atoms with Crippen LogP contribution in [0.1, 0.15) is 22.3 Å². The number of carboxylic acids is 1. The van der Waals surface area contributed by atoms with Crippen LogP contribution in [0.2, 0.25) is 0 Å². The molecule has 0 fully saturated rings. The van der Waals surface area contributed by atoms with Crippen LogP contribution in [0.3, 0.4) is 0 Å². The highest BCUT2D eigenvalue weighted by Crippen LogP contribution is 2.24. The van der Waals surface area contributed by atoms with E-state index >= 15 is 0 Å². The van der Waals surface area contributed by atoms with Crippen molar-refractivity contribution in [2.75, 3.05) is 4.72 Å². The SMILES string of the molecule is CCc1ccc(S(=O)(=O)Nc2ccnc(C(=O)O)c2)s1. The lowest BCUT2D eigenvalue weighted by molar-refractivity contribution is 0.0690. The van der Waals surface area contributed by atoms with Gasteiger partial charge in [0.15, 0.2) is 0 Å². The number of aromatic carboxylic acids is 1. The maximum Gasteiger partial charge on any atom is 0.354 e. The van der Waals surface area contributed by atoms with E-state index in [1.807, 2.05) is 6.92 Å². The highest BCUT2D eigenvalue weighted by Gasteiger charge is 2.17. The minimum atomic E-state index is -3.70. The molecule has 0 aliphatic heterocycles. The standard InChI is InChI=1S/C12H12N2O4S2/c1-2-9-3-4-11(19-9)20(17,18)14-8-5-6-13-10(7-8)12(15)16/h3-7H,2H2,1H3,(H,13,14)(H,15,16). The number of nitrogens with one attached hydrogen (secondary N) is 1. The Morgan fingerprint density at radius 1 is 1.40 bits per heavy atom. The van der Waals surface area contributed by atoms with E-state index in [1.54, 1.807) is 6.07 Å². The van der Waals surface area contributed by atoms with Gasteiger partial charge in [0, 0.05) is 11.1 Å². The second-order valence-corrected chi connectivity index (χ2v) is 6.99. The van der Waals surface area contributed by atoms with Gasteiger partial charge in [0.05, 0.1) is 5.69 Å². The van der Waals surface area contributed by atoms with E-state index in [0.29, 0.717) is 0 Å². The summed E-state index contributed by atoms with van der Waals surface area (Å²) < 4.78 is 26.8. The fourth-order valence-corrected chi connectivity index (χ4v) is 3.85. The molecule has 0 aromatic carbocycles. The second-order valence-electron chi connectivity index (χ2n) is 3.91. The summed E-state index contributed by atoms with van der Waals surface area (Å²) >= 11 is 1.19. The molecular formula is C12H12N2O4S2. The molecule has 2 aromatic heterocycles. The summed E-state index contributed by atoms with van der Waals surface area (Å²) in [4.78, 5) is 15.4. The van der Waals surface area contributed by atoms with Gasteiger partial charge in [-0.05, 0) is 30.7 Å². The molecule has 2 heterocycles. The third kappa shape index (κ3) is 3.14. The Morgan fingerprint density at radius 2 is 2.15 bits per heavy atom. The average Bonchev–Trinajstić information content (AvgIpc) is 2.88. The van der Waals surface area contributed by atoms with Crippen LogP contribution in [-0.2, 0) is 16.4 Å². The van der Waals surface area contributed by atoms with Crippen LogP contribution in [0.15, 0.2) is 34.7 Å². The fourth-order valence-electron chi connectivity index (χ4n) is 1.51. The van der Waals surface area contributed by atoms with E-state index in [0.717, 1.165) is 11.3 Å². The van der Waals surface area contributed by atoms with Crippen molar-refractivity contribution in [2.45, 2.75) is 17.6 Å². The van der Waals surface area contributed by atoms with E-state index in [-0.39, 0.29) is 15.6 Å². The zero-order valence-electron chi connectivity index (χ0n) is 10.5. The number of nitrogens with zero attached hydrogens (tertiary/aromatic N) is 1. The van der Waals surface area contributed by atoms with Crippen molar-refractivity contribution in [1.82, 2.24) is 4.98 Å². The molecule has 2 N–H and O–H groups in total. The average molecular weight is 312 g/mol. The van der Waals surface area contributed by atoms with Crippen LogP contribution in [0.4, 0.5) is 5.69 Å². The first kappa shape index (κ1) is 14.5. The number of aromatic nitrogens is 1. The molecule has 8 heteroatoms. The quantitative estimate of drug-likeness (QED) is 0.882. The zero-order valence-corrected chi connectivity index (χ0v) is 12.2. The summed E-state index contributed by atoms with van der Waals surface area (Å²) in [5.41, 5.74) is -0.0468. The van der Waals surface area contributed by atoms with Gasteiger partial charge in [0.25, 0.3) is 10.0 Å². The fraction of sp³-hybridized carbons (Fsp3) is 0.167. The van der Waals surface area contributed by atoms with Crippen molar-refractivity contribution >= 4 is 33.0 Å². The number of anilines is 1. The minimum Gasteiger partial charge on any atom is -0.477 e. The monoisotopic (exact) mass is 312 g/mol. The van der Waals surface area contributed by atoms with Crippen molar-refractivity contribution in [2.24, 2.45) is 0 Å². The first-order valence-electron chi connectivity index (χ1n) is 5.73. The number of rotatable bonds is 5. The Morgan fingerprint density at radius 3 is 2.75 bits per heavy atom. The third-order valence-corrected chi connectivity index (χ3v) is 5.58. The van der Waals surface area contributed by atoms with Gasteiger partial charge in [-0.15, -0.1) is 11.3 Å². The first-order valence-corrected chi connectivity index (χ1v) is 8.03. The topological polar surface area (TPSA) is 96.4 Å². The van der Waals surface area contributed by atoms with Crippen molar-refractivity contribution in [3.63, 3.8) is 0 Å². The Kier molecular flexibility index (Phi) is 4.05. The number of thiophene rings is 1. The number of pyridine rings is 1. The maximum atomic E-state index is 12.1. The van der Waals surface area contributed by atoms with Crippen molar-refractivity contribution in [1.29, 1.82) is 0 Å². The molecule has 2 aromatic rings. The molecule has 0 saturated carbocycles. The second kappa shape index (κ2) is 5.59. The van der Waals surface area contributed by atoms with Crippen LogP contribution < -0.4 is 4.72 Å². The summed E-state index contributed by atoms with van der Waals surface area (Å²) in [6.45, 7) is 1.94. The highest BCUT2D eigenvalue weighted by atomic mass is 32.2. The molecule has 0 amide bonds. The maximum absolute atomic E-state index is 12.1. The van der Waals surface area contributed by atoms with E-state index in [1.165, 1.54) is 35.7 Å². The molecular weight excluding hydrogens is 300 g/mol. The number of hydrogen-bond donors (Lipinski definition) is 2. The Labute approximate surface area is 120 Å². The van der Waals surface area contributed by atoms with E-state index in [4.69, 9.17) is 5.11 Å². The van der Waals surface area contributed by atoms with Gasteiger partial charge in [-0.3, -0.25) is 4.72 Å². The predicted molar refractivity (Wildman–Crippen MR) is 75.7 cm³/mol. The molecule has 0 bridgehead atoms. The van der Waals surface area contributed by atoms with Gasteiger partial charge < -0.3 is 5.11 Å². The Bertz CT molecular complexity index is 737. The lowest BCUT2D eigenvalue weighted by atomic mass is 10.3. The molecule has 2 rings (SSSR count). The third-order valence-electron chi connectivity index (χ3n) is 2.48. The molecule has 0 unspecified atom stereocenters. The van der Waals surface area contributed by atoms with Gasteiger partial charge in [0.2, 0.25) is 0 Å². The molecule has 6 nitrogen and oxygen atoms in total. The van der Waals surface area contributed by atoms with Crippen molar-refractivity contribution < 1.29 is 18.3 Å². The summed E-state index contributed by atoms with van der Waals surface area (Å²) in [5, 5.41) is 8.82. The Balaban J connectivity index is 2.28. The van der Waals surface area contributed by atoms with Crippen LogP contribution in [0.25, 0.3) is 0 Å². The van der Waals surface area contributed by atoms with Crippen molar-refractivity contribution in [3.8, 4) is 0 Å². The molecule has 0 radical (unpaired) electrons. The van der Waals surface area contributed by atoms with Crippen LogP contribution in [0.5, 0.6) is 0 Å². The summed E-state index contributed by atoms with van der Waals surface area (Å²) in [6, 6.07) is 5.87. The summed E-state index contributed by atoms with van der Waals surface area (Å²) in [6.07, 6.45) is 2.01. The van der Waals surface area contributed by atoms with Gasteiger partial charge in [-0.1, -0.05) is 6.92 Å². The normalized spacial score (nSPS) is 11.2. The number of hydrogen-bond acceptors (Lipinski definition) is 5. The van der Waals surface area contributed by atoms with E-state index in [9.17, 15) is 13.2 Å². The number of carbonyl (C=O) groups is 1. The van der Waals surface area contributed by atoms with Gasteiger partial charge in [-0.25, -0.2) is 18.2 Å². The van der Waals surface area contributed by atoms with Gasteiger partial charge in [0.1, 0.15) is 9.90 Å². The van der Waals surface area contributed by atoms with Crippen molar-refractivity contribution in [3.05, 3.63) is 41.0 Å². The number of carboxylic acid groups (broad SMARTS) is 1. The van der Waals surface area contributed by atoms with E-state index < -0.39 is 16.0 Å². The van der Waals surface area contributed by atoms with Gasteiger partial charge >= 0.3 is 5.97 Å². The molecule has 20 heavy (non-hydrogen) atoms. The summed E-state index contributed by atoms with van der Waals surface area (Å²) in [7, 11) is -3.70. The molecule has 0 atom stereocenters. The van der Waals surface area contributed by atoms with Crippen LogP contribution in [0, 0.1) is 0 Å². The minimum absolute atomic E-state index is 0.170. The molecule has 0 saturated heterocycles. The zero-order chi connectivity index (χ0) is 14.8. The lowest BCUT2D eigenvalue weighted by Gasteiger charge is -2.06. The largest absolute Gasteiger partial charge is 0.477 e. The molecule has 106 valence electrons. The van der Waals surface area contributed by atoms with Crippen LogP contribution >= 0.6 is 11.3 Å². The summed E-state index contributed by atoms with van der Waals surface area (Å²) in [5.74, 6) is -1.21. The molecule has 0 spiro atoms. The number of aryl methyl sites for hydroxylation is 1. The highest BCUT2D eigenvalue weighted by molar-refractivity contribution is 7.94.